The highest BCUT2D eigenvalue weighted by atomic mass is 14.9. The Kier molecular flexibility index (Phi) is 4.92. The molecule has 0 saturated heterocycles. The Morgan fingerprint density at radius 3 is 1.93 bits per heavy atom. The lowest BCUT2D eigenvalue weighted by Gasteiger charge is -2.44. The first-order chi connectivity index (χ1) is 14.0. The summed E-state index contributed by atoms with van der Waals surface area (Å²) in [6.07, 6.45) is 3.33. The average Bonchev–Trinajstić information content (AvgIpc) is 2.68. The maximum absolute atomic E-state index is 2.48. The summed E-state index contributed by atoms with van der Waals surface area (Å²) in [6.45, 7) is 16.4. The van der Waals surface area contributed by atoms with Gasteiger partial charge in [-0.2, -0.15) is 0 Å². The zero-order chi connectivity index (χ0) is 21.8. The van der Waals surface area contributed by atoms with Gasteiger partial charge in [0.05, 0.1) is 0 Å². The van der Waals surface area contributed by atoms with E-state index < -0.39 is 0 Å². The molecule has 0 bridgehead atoms. The fraction of sp³-hybridized carbons (Fsp3) is 0.414. The maximum Gasteiger partial charge on any atom is 0.212 e. The standard InChI is InChI=1S/C29H36N/c1-19(2)15-21-13-14-30(8)27(17-21)22-18-26-25(16-20(22)3)28(4,5)23-11-9-10-12-24(23)29(26,6)7/h9-14,16-19H,15H2,1-8H3/q+1. The third-order valence-corrected chi connectivity index (χ3v) is 7.12. The molecule has 1 aromatic heterocycles. The molecule has 2 aromatic carbocycles. The van der Waals surface area contributed by atoms with Crippen LogP contribution in [-0.2, 0) is 24.3 Å². The normalized spacial score (nSPS) is 16.3. The smallest absolute Gasteiger partial charge is 0.201 e. The number of nitrogens with zero attached hydrogens (tertiary/aromatic N) is 1. The first-order valence-electron chi connectivity index (χ1n) is 11.3. The van der Waals surface area contributed by atoms with Gasteiger partial charge in [-0.05, 0) is 58.7 Å². The fourth-order valence-corrected chi connectivity index (χ4v) is 5.36. The number of rotatable bonds is 3. The van der Waals surface area contributed by atoms with Crippen LogP contribution in [0.4, 0.5) is 0 Å². The molecule has 0 N–H and O–H groups in total. The predicted molar refractivity (Wildman–Crippen MR) is 127 cm³/mol. The van der Waals surface area contributed by atoms with E-state index in [0.29, 0.717) is 5.92 Å². The third-order valence-electron chi connectivity index (χ3n) is 7.12. The van der Waals surface area contributed by atoms with E-state index in [1.807, 2.05) is 0 Å². The van der Waals surface area contributed by atoms with Gasteiger partial charge in [-0.15, -0.1) is 0 Å². The second-order valence-corrected chi connectivity index (χ2v) is 10.6. The van der Waals surface area contributed by atoms with Crippen LogP contribution in [0.25, 0.3) is 11.3 Å². The van der Waals surface area contributed by atoms with Crippen molar-refractivity contribution in [1.82, 2.24) is 0 Å². The van der Waals surface area contributed by atoms with Crippen molar-refractivity contribution in [2.24, 2.45) is 13.0 Å². The number of fused-ring (bicyclic) bond motifs is 2. The Morgan fingerprint density at radius 1 is 0.800 bits per heavy atom. The lowest BCUT2D eigenvalue weighted by Crippen LogP contribution is -2.37. The van der Waals surface area contributed by atoms with E-state index in [1.54, 1.807) is 0 Å². The van der Waals surface area contributed by atoms with Crippen LogP contribution in [-0.4, -0.2) is 0 Å². The molecule has 0 spiro atoms. The molecule has 0 atom stereocenters. The number of hydrogen-bond acceptors (Lipinski definition) is 0. The van der Waals surface area contributed by atoms with E-state index >= 15 is 0 Å². The number of aromatic nitrogens is 1. The third kappa shape index (κ3) is 3.20. The van der Waals surface area contributed by atoms with Crippen LogP contribution in [0.1, 0.15) is 74.9 Å². The lowest BCUT2D eigenvalue weighted by atomic mass is 9.59. The van der Waals surface area contributed by atoms with Crippen LogP contribution in [0, 0.1) is 12.8 Å². The molecule has 0 fully saturated rings. The summed E-state index contributed by atoms with van der Waals surface area (Å²) in [7, 11) is 2.16. The highest BCUT2D eigenvalue weighted by Crippen LogP contribution is 2.50. The molecule has 0 radical (unpaired) electrons. The molecule has 30 heavy (non-hydrogen) atoms. The van der Waals surface area contributed by atoms with Crippen LogP contribution in [0.15, 0.2) is 54.7 Å². The van der Waals surface area contributed by atoms with E-state index in [2.05, 4.69) is 115 Å². The van der Waals surface area contributed by atoms with Gasteiger partial charge >= 0.3 is 0 Å². The van der Waals surface area contributed by atoms with Crippen molar-refractivity contribution in [1.29, 1.82) is 0 Å². The number of aryl methyl sites for hydroxylation is 2. The van der Waals surface area contributed by atoms with Gasteiger partial charge in [-0.25, -0.2) is 4.57 Å². The Bertz CT molecular complexity index is 1120. The summed E-state index contributed by atoms with van der Waals surface area (Å²) in [5, 5.41) is 0. The Balaban J connectivity index is 1.95. The fourth-order valence-electron chi connectivity index (χ4n) is 5.36. The molecule has 3 aromatic rings. The van der Waals surface area contributed by atoms with E-state index in [1.165, 1.54) is 44.6 Å². The minimum atomic E-state index is -0.0159. The van der Waals surface area contributed by atoms with Crippen molar-refractivity contribution >= 4 is 0 Å². The largest absolute Gasteiger partial charge is 0.212 e. The highest BCUT2D eigenvalue weighted by Gasteiger charge is 2.42. The van der Waals surface area contributed by atoms with Crippen molar-refractivity contribution in [3.05, 3.63) is 88.1 Å². The summed E-state index contributed by atoms with van der Waals surface area (Å²) < 4.78 is 2.27. The number of benzene rings is 2. The van der Waals surface area contributed by atoms with Gasteiger partial charge in [0, 0.05) is 28.5 Å². The SMILES string of the molecule is Cc1cc2c(cc1-c1cc(CC(C)C)cc[n+]1C)C(C)(C)c1ccccc1C2(C)C. The number of pyridine rings is 1. The highest BCUT2D eigenvalue weighted by molar-refractivity contribution is 5.69. The topological polar surface area (TPSA) is 3.88 Å². The first-order valence-corrected chi connectivity index (χ1v) is 11.3. The molecule has 0 amide bonds. The van der Waals surface area contributed by atoms with Crippen molar-refractivity contribution in [2.45, 2.75) is 65.7 Å². The van der Waals surface area contributed by atoms with Crippen molar-refractivity contribution in [3.8, 4) is 11.3 Å². The molecule has 0 aliphatic heterocycles. The summed E-state index contributed by atoms with van der Waals surface area (Å²) in [5.41, 5.74) is 11.3. The molecule has 156 valence electrons. The van der Waals surface area contributed by atoms with Gasteiger partial charge in [0.25, 0.3) is 0 Å². The van der Waals surface area contributed by atoms with E-state index in [0.717, 1.165) is 6.42 Å². The molecule has 1 heteroatoms. The molecular weight excluding hydrogens is 362 g/mol. The summed E-state index contributed by atoms with van der Waals surface area (Å²) in [6, 6.07) is 18.6. The van der Waals surface area contributed by atoms with Gasteiger partial charge in [-0.3, -0.25) is 0 Å². The van der Waals surface area contributed by atoms with Crippen LogP contribution in [0.3, 0.4) is 0 Å². The molecule has 1 heterocycles. The summed E-state index contributed by atoms with van der Waals surface area (Å²) >= 11 is 0. The van der Waals surface area contributed by atoms with Crippen molar-refractivity contribution in [2.75, 3.05) is 0 Å². The van der Waals surface area contributed by atoms with E-state index in [9.17, 15) is 0 Å². The summed E-state index contributed by atoms with van der Waals surface area (Å²) in [5.74, 6) is 0.659. The predicted octanol–water partition coefficient (Wildman–Crippen LogP) is 6.65. The monoisotopic (exact) mass is 398 g/mol. The van der Waals surface area contributed by atoms with Gasteiger partial charge in [0.1, 0.15) is 7.05 Å². The summed E-state index contributed by atoms with van der Waals surface area (Å²) in [4.78, 5) is 0. The Morgan fingerprint density at radius 2 is 1.37 bits per heavy atom. The van der Waals surface area contributed by atoms with Crippen molar-refractivity contribution in [3.63, 3.8) is 0 Å². The molecule has 4 rings (SSSR count). The van der Waals surface area contributed by atoms with Gasteiger partial charge in [-0.1, -0.05) is 71.9 Å². The zero-order valence-electron chi connectivity index (χ0n) is 19.9. The molecule has 1 aliphatic carbocycles. The van der Waals surface area contributed by atoms with Crippen molar-refractivity contribution < 1.29 is 4.57 Å². The first kappa shape index (κ1) is 20.8. The van der Waals surface area contributed by atoms with Crippen LogP contribution in [0.5, 0.6) is 0 Å². The minimum absolute atomic E-state index is 0.00636. The van der Waals surface area contributed by atoms with E-state index in [4.69, 9.17) is 0 Å². The van der Waals surface area contributed by atoms with Gasteiger partial charge < -0.3 is 0 Å². The molecular formula is C29H36N+. The van der Waals surface area contributed by atoms with E-state index in [-0.39, 0.29) is 10.8 Å². The number of hydrogen-bond donors (Lipinski definition) is 0. The quantitative estimate of drug-likeness (QED) is 0.435. The molecule has 0 unspecified atom stereocenters. The second kappa shape index (κ2) is 7.08. The molecule has 0 saturated carbocycles. The maximum atomic E-state index is 2.48. The zero-order valence-corrected chi connectivity index (χ0v) is 19.9. The lowest BCUT2D eigenvalue weighted by molar-refractivity contribution is -0.660. The van der Waals surface area contributed by atoms with Gasteiger partial charge in [0.15, 0.2) is 6.20 Å². The minimum Gasteiger partial charge on any atom is -0.201 e. The Hall–Kier alpha value is -2.41. The van der Waals surface area contributed by atoms with Crippen LogP contribution in [0.2, 0.25) is 0 Å². The average molecular weight is 399 g/mol. The van der Waals surface area contributed by atoms with Crippen LogP contribution >= 0.6 is 0 Å². The molecule has 1 aliphatic rings. The van der Waals surface area contributed by atoms with Gasteiger partial charge in [0.2, 0.25) is 5.69 Å². The molecule has 1 nitrogen and oxygen atoms in total. The second-order valence-electron chi connectivity index (χ2n) is 10.6. The van der Waals surface area contributed by atoms with Crippen LogP contribution < -0.4 is 4.57 Å². The Labute approximate surface area is 182 Å².